The summed E-state index contributed by atoms with van der Waals surface area (Å²) in [6.45, 7) is 5.48. The number of likely N-dealkylation sites (tertiary alicyclic amines) is 1. The van der Waals surface area contributed by atoms with Crippen molar-refractivity contribution in [2.75, 3.05) is 13.6 Å². The maximum absolute atomic E-state index is 11.2. The normalized spacial score (nSPS) is 27.4. The lowest BCUT2D eigenvalue weighted by molar-refractivity contribution is -0.133. The second-order valence-corrected chi connectivity index (χ2v) is 3.96. The van der Waals surface area contributed by atoms with Gasteiger partial charge in [-0.15, -0.1) is 0 Å². The summed E-state index contributed by atoms with van der Waals surface area (Å²) in [7, 11) is 1.91. The van der Waals surface area contributed by atoms with Crippen LogP contribution in [-0.2, 0) is 4.79 Å². The quantitative estimate of drug-likeness (QED) is 0.618. The fraction of sp³-hybridized carbons (Fsp3) is 0.900. The molecule has 1 amide bonds. The maximum atomic E-state index is 11.2. The second kappa shape index (κ2) is 3.92. The first-order valence-corrected chi connectivity index (χ1v) is 4.89. The fourth-order valence-corrected chi connectivity index (χ4v) is 1.84. The van der Waals surface area contributed by atoms with E-state index in [1.165, 1.54) is 6.42 Å². The lowest BCUT2D eigenvalue weighted by Crippen LogP contribution is -2.39. The monoisotopic (exact) mass is 169 g/mol. The Bertz CT molecular complexity index is 167. The molecule has 0 N–H and O–H groups in total. The average molecular weight is 169 g/mol. The molecule has 0 aromatic heterocycles. The molecule has 1 saturated heterocycles. The molecule has 2 heteroatoms. The smallest absolute Gasteiger partial charge is 0.222 e. The van der Waals surface area contributed by atoms with Crippen LogP contribution in [0, 0.1) is 11.8 Å². The Morgan fingerprint density at radius 3 is 2.83 bits per heavy atom. The number of nitrogens with zero attached hydrogens (tertiary/aromatic N) is 1. The first kappa shape index (κ1) is 9.56. The van der Waals surface area contributed by atoms with E-state index in [9.17, 15) is 4.79 Å². The molecule has 0 saturated carbocycles. The predicted octanol–water partition coefficient (Wildman–Crippen LogP) is 1.90. The Morgan fingerprint density at radius 2 is 2.33 bits per heavy atom. The van der Waals surface area contributed by atoms with E-state index in [2.05, 4.69) is 13.8 Å². The third kappa shape index (κ3) is 1.99. The Labute approximate surface area is 74.9 Å². The van der Waals surface area contributed by atoms with Gasteiger partial charge in [-0.3, -0.25) is 4.79 Å². The second-order valence-electron chi connectivity index (χ2n) is 3.96. The van der Waals surface area contributed by atoms with Gasteiger partial charge in [0.25, 0.3) is 0 Å². The number of carbonyl (C=O) groups is 1. The molecule has 0 bridgehead atoms. The number of amides is 1. The first-order valence-electron chi connectivity index (χ1n) is 4.89. The minimum Gasteiger partial charge on any atom is -0.345 e. The lowest BCUT2D eigenvalue weighted by Gasteiger charge is -2.32. The third-order valence-electron chi connectivity index (χ3n) is 3.11. The summed E-state index contributed by atoms with van der Waals surface area (Å²) in [5.41, 5.74) is 0. The van der Waals surface area contributed by atoms with Crippen molar-refractivity contribution in [1.29, 1.82) is 0 Å². The van der Waals surface area contributed by atoms with Gasteiger partial charge in [-0.2, -0.15) is 0 Å². The van der Waals surface area contributed by atoms with Gasteiger partial charge in [0, 0.05) is 20.0 Å². The van der Waals surface area contributed by atoms with E-state index in [1.54, 1.807) is 0 Å². The average Bonchev–Trinajstić information content (AvgIpc) is 2.08. The molecule has 0 spiro atoms. The van der Waals surface area contributed by atoms with Crippen molar-refractivity contribution in [3.63, 3.8) is 0 Å². The van der Waals surface area contributed by atoms with Crippen molar-refractivity contribution >= 4 is 5.91 Å². The number of hydrogen-bond acceptors (Lipinski definition) is 1. The Hall–Kier alpha value is -0.530. The molecule has 2 nitrogen and oxygen atoms in total. The molecule has 1 aliphatic rings. The number of piperidine rings is 1. The van der Waals surface area contributed by atoms with Gasteiger partial charge in [0.15, 0.2) is 0 Å². The van der Waals surface area contributed by atoms with Crippen LogP contribution in [0.1, 0.15) is 33.1 Å². The van der Waals surface area contributed by atoms with Crippen LogP contribution in [0.5, 0.6) is 0 Å². The predicted molar refractivity (Wildman–Crippen MR) is 49.8 cm³/mol. The van der Waals surface area contributed by atoms with Crippen LogP contribution in [0.3, 0.4) is 0 Å². The van der Waals surface area contributed by atoms with Crippen molar-refractivity contribution in [1.82, 2.24) is 4.90 Å². The molecular weight excluding hydrogens is 150 g/mol. The SMILES string of the molecule is CCC(C)C1CCC(=O)N(C)C1. The van der Waals surface area contributed by atoms with E-state index >= 15 is 0 Å². The van der Waals surface area contributed by atoms with Crippen molar-refractivity contribution in [2.24, 2.45) is 11.8 Å². The highest BCUT2D eigenvalue weighted by atomic mass is 16.2. The van der Waals surface area contributed by atoms with Crippen LogP contribution < -0.4 is 0 Å². The molecule has 0 radical (unpaired) electrons. The van der Waals surface area contributed by atoms with Gasteiger partial charge in [-0.05, 0) is 18.3 Å². The zero-order valence-electron chi connectivity index (χ0n) is 8.34. The molecule has 70 valence electrons. The Morgan fingerprint density at radius 1 is 1.67 bits per heavy atom. The summed E-state index contributed by atoms with van der Waals surface area (Å²) in [6.07, 6.45) is 3.08. The van der Waals surface area contributed by atoms with Crippen LogP contribution >= 0.6 is 0 Å². The topological polar surface area (TPSA) is 20.3 Å². The fourth-order valence-electron chi connectivity index (χ4n) is 1.84. The number of rotatable bonds is 2. The van der Waals surface area contributed by atoms with Gasteiger partial charge in [0.2, 0.25) is 5.91 Å². The summed E-state index contributed by atoms with van der Waals surface area (Å²) in [5.74, 6) is 1.81. The highest BCUT2D eigenvalue weighted by Gasteiger charge is 2.25. The minimum atomic E-state index is 0.314. The Balaban J connectivity index is 2.45. The molecule has 0 aromatic rings. The van der Waals surface area contributed by atoms with Crippen LogP contribution in [0.4, 0.5) is 0 Å². The van der Waals surface area contributed by atoms with Gasteiger partial charge < -0.3 is 4.90 Å². The van der Waals surface area contributed by atoms with Crippen molar-refractivity contribution in [3.8, 4) is 0 Å². The molecule has 1 heterocycles. The highest BCUT2D eigenvalue weighted by Crippen LogP contribution is 2.25. The van der Waals surface area contributed by atoms with E-state index in [0.717, 1.165) is 31.2 Å². The van der Waals surface area contributed by atoms with Gasteiger partial charge in [-0.25, -0.2) is 0 Å². The van der Waals surface area contributed by atoms with Gasteiger partial charge in [0.05, 0.1) is 0 Å². The largest absolute Gasteiger partial charge is 0.345 e. The van der Waals surface area contributed by atoms with Gasteiger partial charge in [-0.1, -0.05) is 20.3 Å². The van der Waals surface area contributed by atoms with E-state index in [4.69, 9.17) is 0 Å². The summed E-state index contributed by atoms with van der Waals surface area (Å²) < 4.78 is 0. The summed E-state index contributed by atoms with van der Waals surface area (Å²) in [5, 5.41) is 0. The standard InChI is InChI=1S/C10H19NO/c1-4-8(2)9-5-6-10(12)11(3)7-9/h8-9H,4-7H2,1-3H3. The molecule has 2 unspecified atom stereocenters. The van der Waals surface area contributed by atoms with Crippen LogP contribution in [0.2, 0.25) is 0 Å². The van der Waals surface area contributed by atoms with E-state index in [-0.39, 0.29) is 0 Å². The van der Waals surface area contributed by atoms with Crippen molar-refractivity contribution in [2.45, 2.75) is 33.1 Å². The molecule has 0 aromatic carbocycles. The lowest BCUT2D eigenvalue weighted by atomic mass is 9.85. The van der Waals surface area contributed by atoms with E-state index in [1.807, 2.05) is 11.9 Å². The minimum absolute atomic E-state index is 0.314. The molecule has 1 rings (SSSR count). The van der Waals surface area contributed by atoms with Gasteiger partial charge >= 0.3 is 0 Å². The van der Waals surface area contributed by atoms with Crippen molar-refractivity contribution < 1.29 is 4.79 Å². The molecular formula is C10H19NO. The zero-order valence-corrected chi connectivity index (χ0v) is 8.34. The van der Waals surface area contributed by atoms with Gasteiger partial charge in [0.1, 0.15) is 0 Å². The zero-order chi connectivity index (χ0) is 9.14. The van der Waals surface area contributed by atoms with Crippen LogP contribution in [0.15, 0.2) is 0 Å². The molecule has 1 fully saturated rings. The third-order valence-corrected chi connectivity index (χ3v) is 3.11. The Kier molecular flexibility index (Phi) is 3.12. The molecule has 1 aliphatic heterocycles. The van der Waals surface area contributed by atoms with Crippen LogP contribution in [-0.4, -0.2) is 24.4 Å². The summed E-state index contributed by atoms with van der Waals surface area (Å²) in [4.78, 5) is 13.1. The summed E-state index contributed by atoms with van der Waals surface area (Å²) in [6, 6.07) is 0. The van der Waals surface area contributed by atoms with E-state index in [0.29, 0.717) is 5.91 Å². The van der Waals surface area contributed by atoms with Crippen LogP contribution in [0.25, 0.3) is 0 Å². The first-order chi connectivity index (χ1) is 5.65. The van der Waals surface area contributed by atoms with Crippen molar-refractivity contribution in [3.05, 3.63) is 0 Å². The number of hydrogen-bond donors (Lipinski definition) is 0. The maximum Gasteiger partial charge on any atom is 0.222 e. The summed E-state index contributed by atoms with van der Waals surface area (Å²) >= 11 is 0. The number of carbonyl (C=O) groups excluding carboxylic acids is 1. The van der Waals surface area contributed by atoms with E-state index < -0.39 is 0 Å². The molecule has 12 heavy (non-hydrogen) atoms. The molecule has 0 aliphatic carbocycles. The molecule has 2 atom stereocenters. The highest BCUT2D eigenvalue weighted by molar-refractivity contribution is 5.76.